The number of furan rings is 1. The Hall–Kier alpha value is -2.14. The number of aromatic carboxylic acids is 1. The number of nitrogens with one attached hydrogen (secondary N) is 1. The van der Waals surface area contributed by atoms with Gasteiger partial charge in [0.05, 0.1) is 11.7 Å². The molecule has 0 saturated heterocycles. The SMILES string of the molecule is CCc1cccnc1CNC(C)c1ccc(C(=O)O)o1. The Bertz CT molecular complexity index is 592. The first-order chi connectivity index (χ1) is 9.61. The molecule has 106 valence electrons. The second-order valence-corrected chi connectivity index (χ2v) is 4.57. The molecule has 0 amide bonds. The van der Waals surface area contributed by atoms with Crippen molar-refractivity contribution in [1.82, 2.24) is 10.3 Å². The maximum atomic E-state index is 10.8. The standard InChI is InChI=1S/C15H18N2O3/c1-3-11-5-4-8-16-12(11)9-17-10(2)13-6-7-14(20-13)15(18)19/h4-8,10,17H,3,9H2,1-2H3,(H,18,19). The Morgan fingerprint density at radius 3 is 2.90 bits per heavy atom. The highest BCUT2D eigenvalue weighted by Crippen LogP contribution is 2.17. The Morgan fingerprint density at radius 1 is 1.45 bits per heavy atom. The fraction of sp³-hybridized carbons (Fsp3) is 0.333. The molecule has 2 N–H and O–H groups in total. The maximum Gasteiger partial charge on any atom is 0.371 e. The normalized spacial score (nSPS) is 12.3. The smallest absolute Gasteiger partial charge is 0.371 e. The van der Waals surface area contributed by atoms with Crippen molar-refractivity contribution in [3.05, 3.63) is 53.2 Å². The van der Waals surface area contributed by atoms with Crippen molar-refractivity contribution in [3.63, 3.8) is 0 Å². The third-order valence-electron chi connectivity index (χ3n) is 3.21. The van der Waals surface area contributed by atoms with Crippen LogP contribution in [0.4, 0.5) is 0 Å². The molecule has 2 heterocycles. The van der Waals surface area contributed by atoms with Gasteiger partial charge in [-0.2, -0.15) is 0 Å². The first-order valence-electron chi connectivity index (χ1n) is 6.61. The van der Waals surface area contributed by atoms with Gasteiger partial charge >= 0.3 is 5.97 Å². The monoisotopic (exact) mass is 274 g/mol. The molecule has 0 aliphatic rings. The molecular weight excluding hydrogens is 256 g/mol. The fourth-order valence-corrected chi connectivity index (χ4v) is 2.00. The van der Waals surface area contributed by atoms with Crippen LogP contribution in [-0.2, 0) is 13.0 Å². The zero-order chi connectivity index (χ0) is 14.5. The van der Waals surface area contributed by atoms with Crippen LogP contribution < -0.4 is 5.32 Å². The summed E-state index contributed by atoms with van der Waals surface area (Å²) in [5.74, 6) is -0.487. The summed E-state index contributed by atoms with van der Waals surface area (Å²) in [7, 11) is 0. The number of carbonyl (C=O) groups is 1. The molecule has 0 spiro atoms. The predicted octanol–water partition coefficient (Wildman–Crippen LogP) is 2.79. The van der Waals surface area contributed by atoms with Crippen LogP contribution in [0, 0.1) is 0 Å². The quantitative estimate of drug-likeness (QED) is 0.847. The van der Waals surface area contributed by atoms with Gasteiger partial charge in [0.25, 0.3) is 0 Å². The summed E-state index contributed by atoms with van der Waals surface area (Å²) in [5, 5.41) is 12.1. The molecule has 1 atom stereocenters. The summed E-state index contributed by atoms with van der Waals surface area (Å²) < 4.78 is 5.27. The molecule has 20 heavy (non-hydrogen) atoms. The molecule has 0 aromatic carbocycles. The van der Waals surface area contributed by atoms with Crippen molar-refractivity contribution in [3.8, 4) is 0 Å². The molecule has 0 bridgehead atoms. The van der Waals surface area contributed by atoms with E-state index in [2.05, 4.69) is 23.3 Å². The van der Waals surface area contributed by atoms with Gasteiger partial charge in [-0.1, -0.05) is 13.0 Å². The van der Waals surface area contributed by atoms with Crippen LogP contribution in [0.25, 0.3) is 0 Å². The van der Waals surface area contributed by atoms with Gasteiger partial charge in [-0.3, -0.25) is 4.98 Å². The van der Waals surface area contributed by atoms with Gasteiger partial charge in [0.15, 0.2) is 0 Å². The van der Waals surface area contributed by atoms with Crippen LogP contribution in [-0.4, -0.2) is 16.1 Å². The number of hydrogen-bond donors (Lipinski definition) is 2. The third-order valence-corrected chi connectivity index (χ3v) is 3.21. The highest BCUT2D eigenvalue weighted by Gasteiger charge is 2.14. The Balaban J connectivity index is 2.00. The van der Waals surface area contributed by atoms with E-state index < -0.39 is 5.97 Å². The molecule has 1 unspecified atom stereocenters. The van der Waals surface area contributed by atoms with Crippen LogP contribution in [0.5, 0.6) is 0 Å². The number of nitrogens with zero attached hydrogens (tertiary/aromatic N) is 1. The van der Waals surface area contributed by atoms with Crippen LogP contribution in [0.3, 0.4) is 0 Å². The molecule has 2 rings (SSSR count). The van der Waals surface area contributed by atoms with E-state index in [1.54, 1.807) is 12.3 Å². The molecule has 0 radical (unpaired) electrons. The van der Waals surface area contributed by atoms with Gasteiger partial charge in [0.1, 0.15) is 5.76 Å². The van der Waals surface area contributed by atoms with E-state index in [1.165, 1.54) is 11.6 Å². The Kier molecular flexibility index (Phi) is 4.53. The van der Waals surface area contributed by atoms with E-state index in [0.29, 0.717) is 12.3 Å². The van der Waals surface area contributed by atoms with Crippen molar-refractivity contribution in [2.24, 2.45) is 0 Å². The molecule has 0 aliphatic heterocycles. The molecule has 0 saturated carbocycles. The Morgan fingerprint density at radius 2 is 2.25 bits per heavy atom. The van der Waals surface area contributed by atoms with Gasteiger partial charge < -0.3 is 14.8 Å². The summed E-state index contributed by atoms with van der Waals surface area (Å²) >= 11 is 0. The molecular formula is C15H18N2O3. The zero-order valence-electron chi connectivity index (χ0n) is 11.6. The molecule has 0 fully saturated rings. The minimum atomic E-state index is -1.05. The lowest BCUT2D eigenvalue weighted by molar-refractivity contribution is 0.0659. The summed E-state index contributed by atoms with van der Waals surface area (Å²) in [4.78, 5) is 15.1. The van der Waals surface area contributed by atoms with Crippen LogP contribution in [0.2, 0.25) is 0 Å². The number of carboxylic acid groups (broad SMARTS) is 1. The van der Waals surface area contributed by atoms with E-state index in [-0.39, 0.29) is 11.8 Å². The van der Waals surface area contributed by atoms with Crippen molar-refractivity contribution < 1.29 is 14.3 Å². The van der Waals surface area contributed by atoms with Gasteiger partial charge in [-0.25, -0.2) is 4.79 Å². The van der Waals surface area contributed by atoms with E-state index in [9.17, 15) is 4.79 Å². The second-order valence-electron chi connectivity index (χ2n) is 4.57. The first-order valence-corrected chi connectivity index (χ1v) is 6.61. The number of aryl methyl sites for hydroxylation is 1. The van der Waals surface area contributed by atoms with Crippen molar-refractivity contribution in [1.29, 1.82) is 0 Å². The van der Waals surface area contributed by atoms with Crippen molar-refractivity contribution in [2.75, 3.05) is 0 Å². The topological polar surface area (TPSA) is 75.4 Å². The minimum absolute atomic E-state index is 0.0410. The van der Waals surface area contributed by atoms with Gasteiger partial charge in [0, 0.05) is 12.7 Å². The Labute approximate surface area is 117 Å². The molecule has 2 aromatic rings. The first kappa shape index (κ1) is 14.3. The lowest BCUT2D eigenvalue weighted by Gasteiger charge is -2.12. The highest BCUT2D eigenvalue weighted by molar-refractivity contribution is 5.84. The summed E-state index contributed by atoms with van der Waals surface area (Å²) in [5.41, 5.74) is 2.21. The van der Waals surface area contributed by atoms with Gasteiger partial charge in [0.2, 0.25) is 5.76 Å². The van der Waals surface area contributed by atoms with E-state index in [0.717, 1.165) is 12.1 Å². The molecule has 0 aliphatic carbocycles. The zero-order valence-corrected chi connectivity index (χ0v) is 11.6. The summed E-state index contributed by atoms with van der Waals surface area (Å²) in [6.45, 7) is 4.64. The molecule has 5 nitrogen and oxygen atoms in total. The number of carboxylic acids is 1. The van der Waals surface area contributed by atoms with Crippen LogP contribution in [0.15, 0.2) is 34.9 Å². The number of rotatable bonds is 6. The van der Waals surface area contributed by atoms with E-state index in [1.807, 2.05) is 13.0 Å². The van der Waals surface area contributed by atoms with Crippen molar-refractivity contribution in [2.45, 2.75) is 32.9 Å². The molecule has 5 heteroatoms. The van der Waals surface area contributed by atoms with E-state index >= 15 is 0 Å². The van der Waals surface area contributed by atoms with Crippen LogP contribution in [0.1, 0.15) is 47.5 Å². The maximum absolute atomic E-state index is 10.8. The lowest BCUT2D eigenvalue weighted by Crippen LogP contribution is -2.19. The summed E-state index contributed by atoms with van der Waals surface area (Å²) in [6, 6.07) is 7.06. The fourth-order valence-electron chi connectivity index (χ4n) is 2.00. The number of aromatic nitrogens is 1. The highest BCUT2D eigenvalue weighted by atomic mass is 16.4. The van der Waals surface area contributed by atoms with Gasteiger partial charge in [-0.15, -0.1) is 0 Å². The largest absolute Gasteiger partial charge is 0.475 e. The van der Waals surface area contributed by atoms with E-state index in [4.69, 9.17) is 9.52 Å². The average Bonchev–Trinajstić information content (AvgIpc) is 2.95. The minimum Gasteiger partial charge on any atom is -0.475 e. The lowest BCUT2D eigenvalue weighted by atomic mass is 10.1. The summed E-state index contributed by atoms with van der Waals surface area (Å²) in [6.07, 6.45) is 2.71. The second kappa shape index (κ2) is 6.34. The molecule has 2 aromatic heterocycles. The average molecular weight is 274 g/mol. The van der Waals surface area contributed by atoms with Gasteiger partial charge in [-0.05, 0) is 37.1 Å². The number of pyridine rings is 1. The van der Waals surface area contributed by atoms with Crippen molar-refractivity contribution >= 4 is 5.97 Å². The predicted molar refractivity (Wildman–Crippen MR) is 74.5 cm³/mol. The van der Waals surface area contributed by atoms with Crippen LogP contribution >= 0.6 is 0 Å². The number of hydrogen-bond acceptors (Lipinski definition) is 4. The third kappa shape index (κ3) is 3.24.